The fourth-order valence-electron chi connectivity index (χ4n) is 3.64. The molecule has 0 atom stereocenters. The molecule has 0 aromatic carbocycles. The minimum absolute atomic E-state index is 0.190. The highest BCUT2D eigenvalue weighted by atomic mass is 16.5. The zero-order chi connectivity index (χ0) is 23.8. The van der Waals surface area contributed by atoms with Gasteiger partial charge in [-0.2, -0.15) is 10.2 Å². The molecule has 5 aromatic heterocycles. The average molecular weight is 454 g/mol. The Labute approximate surface area is 195 Å². The van der Waals surface area contributed by atoms with Crippen LogP contribution in [-0.4, -0.2) is 39.1 Å². The monoisotopic (exact) mass is 454 g/mol. The molecule has 0 aliphatic carbocycles. The number of aryl methyl sites for hydroxylation is 3. The van der Waals surface area contributed by atoms with Crippen molar-refractivity contribution in [2.75, 3.05) is 0 Å². The molecule has 0 saturated heterocycles. The molecule has 5 aromatic rings. The molecule has 170 valence electrons. The predicted molar refractivity (Wildman–Crippen MR) is 126 cm³/mol. The third kappa shape index (κ3) is 3.96. The van der Waals surface area contributed by atoms with Gasteiger partial charge in [0.05, 0.1) is 40.6 Å². The van der Waals surface area contributed by atoms with Gasteiger partial charge in [-0.05, 0) is 25.1 Å². The lowest BCUT2D eigenvalue weighted by atomic mass is 10.2. The largest absolute Gasteiger partial charge is 0.455 e. The predicted octanol–water partition coefficient (Wildman–Crippen LogP) is 3.14. The lowest BCUT2D eigenvalue weighted by molar-refractivity contribution is 0.475. The van der Waals surface area contributed by atoms with Gasteiger partial charge in [0.25, 0.3) is 5.56 Å². The Hall–Kier alpha value is -4.60. The summed E-state index contributed by atoms with van der Waals surface area (Å²) < 4.78 is 11.0. The zero-order valence-electron chi connectivity index (χ0n) is 19.2. The lowest BCUT2D eigenvalue weighted by Crippen LogP contribution is -2.21. The molecule has 10 nitrogen and oxygen atoms in total. The van der Waals surface area contributed by atoms with E-state index in [1.807, 2.05) is 39.5 Å². The number of rotatable bonds is 5. The Bertz CT molecular complexity index is 1560. The van der Waals surface area contributed by atoms with E-state index >= 15 is 0 Å². The summed E-state index contributed by atoms with van der Waals surface area (Å²) in [6, 6.07) is 7.19. The summed E-state index contributed by atoms with van der Waals surface area (Å²) >= 11 is 0. The molecular formula is C24H22N8O2. The van der Waals surface area contributed by atoms with Crippen LogP contribution in [0.2, 0.25) is 0 Å². The third-order valence-electron chi connectivity index (χ3n) is 5.40. The van der Waals surface area contributed by atoms with E-state index in [0.29, 0.717) is 34.3 Å². The molecule has 0 radical (unpaired) electrons. The van der Waals surface area contributed by atoms with E-state index in [4.69, 9.17) is 4.74 Å². The fourth-order valence-corrected chi connectivity index (χ4v) is 3.64. The Morgan fingerprint density at radius 2 is 1.59 bits per heavy atom. The van der Waals surface area contributed by atoms with Crippen molar-refractivity contribution >= 4 is 0 Å². The first kappa shape index (κ1) is 21.3. The summed E-state index contributed by atoms with van der Waals surface area (Å²) in [6.45, 7) is 1.84. The van der Waals surface area contributed by atoms with E-state index < -0.39 is 0 Å². The first-order valence-corrected chi connectivity index (χ1v) is 10.5. The molecule has 0 N–H and O–H groups in total. The van der Waals surface area contributed by atoms with Crippen molar-refractivity contribution in [3.05, 3.63) is 77.5 Å². The van der Waals surface area contributed by atoms with E-state index in [-0.39, 0.29) is 5.56 Å². The standard InChI is InChI=1S/C24H22N8O2/c1-15-22(34-18-7-8-25-21(9-18)16-10-27-30(2)13-16)6-5-20(29-15)19-12-26-23(32(4)24(19)33)17-11-28-31(3)14-17/h5-14H,1-4H3. The van der Waals surface area contributed by atoms with Crippen molar-refractivity contribution in [1.29, 1.82) is 0 Å². The van der Waals surface area contributed by atoms with Crippen molar-refractivity contribution < 1.29 is 4.74 Å². The number of pyridine rings is 2. The van der Waals surface area contributed by atoms with Crippen LogP contribution in [0.4, 0.5) is 0 Å². The fraction of sp³-hybridized carbons (Fsp3) is 0.167. The molecule has 0 amide bonds. The van der Waals surface area contributed by atoms with Gasteiger partial charge in [0, 0.05) is 57.6 Å². The van der Waals surface area contributed by atoms with Gasteiger partial charge in [-0.3, -0.25) is 23.7 Å². The van der Waals surface area contributed by atoms with Crippen LogP contribution in [0.5, 0.6) is 11.5 Å². The number of aromatic nitrogens is 8. The van der Waals surface area contributed by atoms with Crippen LogP contribution in [0.15, 0.2) is 66.2 Å². The average Bonchev–Trinajstić information content (AvgIpc) is 3.45. The summed E-state index contributed by atoms with van der Waals surface area (Å²) in [5, 5.41) is 8.34. The highest BCUT2D eigenvalue weighted by molar-refractivity contribution is 5.62. The van der Waals surface area contributed by atoms with Crippen LogP contribution < -0.4 is 10.3 Å². The Morgan fingerprint density at radius 3 is 2.26 bits per heavy atom. The van der Waals surface area contributed by atoms with Crippen molar-refractivity contribution in [3.8, 4) is 45.4 Å². The van der Waals surface area contributed by atoms with Crippen molar-refractivity contribution in [1.82, 2.24) is 39.1 Å². The van der Waals surface area contributed by atoms with Gasteiger partial charge in [0.15, 0.2) is 0 Å². The van der Waals surface area contributed by atoms with Crippen LogP contribution in [0.25, 0.3) is 33.9 Å². The molecule has 34 heavy (non-hydrogen) atoms. The highest BCUT2D eigenvalue weighted by Crippen LogP contribution is 2.28. The number of nitrogens with zero attached hydrogens (tertiary/aromatic N) is 8. The van der Waals surface area contributed by atoms with Gasteiger partial charge in [-0.15, -0.1) is 0 Å². The van der Waals surface area contributed by atoms with Crippen LogP contribution in [0.3, 0.4) is 0 Å². The van der Waals surface area contributed by atoms with Gasteiger partial charge in [0.2, 0.25) is 0 Å². The maximum atomic E-state index is 13.0. The van der Waals surface area contributed by atoms with Crippen molar-refractivity contribution in [3.63, 3.8) is 0 Å². The summed E-state index contributed by atoms with van der Waals surface area (Å²) in [6.07, 6.45) is 10.4. The van der Waals surface area contributed by atoms with Crippen LogP contribution >= 0.6 is 0 Å². The Balaban J connectivity index is 1.43. The molecule has 5 heterocycles. The number of ether oxygens (including phenoxy) is 1. The first-order valence-electron chi connectivity index (χ1n) is 10.5. The quantitative estimate of drug-likeness (QED) is 0.402. The van der Waals surface area contributed by atoms with E-state index in [1.54, 1.807) is 59.4 Å². The van der Waals surface area contributed by atoms with Crippen molar-refractivity contribution in [2.45, 2.75) is 6.92 Å². The summed E-state index contributed by atoms with van der Waals surface area (Å²) in [5.74, 6) is 1.76. The number of hydrogen-bond donors (Lipinski definition) is 0. The van der Waals surface area contributed by atoms with E-state index in [2.05, 4.69) is 25.1 Å². The van der Waals surface area contributed by atoms with E-state index in [1.165, 1.54) is 4.57 Å². The minimum Gasteiger partial charge on any atom is -0.455 e. The molecule has 0 fully saturated rings. The smallest absolute Gasteiger partial charge is 0.262 e. The van der Waals surface area contributed by atoms with Crippen LogP contribution in [0, 0.1) is 6.92 Å². The van der Waals surface area contributed by atoms with Gasteiger partial charge < -0.3 is 4.74 Å². The maximum Gasteiger partial charge on any atom is 0.262 e. The van der Waals surface area contributed by atoms with Gasteiger partial charge >= 0.3 is 0 Å². The summed E-state index contributed by atoms with van der Waals surface area (Å²) in [4.78, 5) is 26.5. The Morgan fingerprint density at radius 1 is 0.853 bits per heavy atom. The third-order valence-corrected chi connectivity index (χ3v) is 5.40. The number of hydrogen-bond acceptors (Lipinski definition) is 7. The molecule has 0 spiro atoms. The topological polar surface area (TPSA) is 106 Å². The molecule has 0 unspecified atom stereocenters. The molecule has 10 heteroatoms. The van der Waals surface area contributed by atoms with Gasteiger partial charge in [-0.1, -0.05) is 0 Å². The lowest BCUT2D eigenvalue weighted by Gasteiger charge is -2.11. The van der Waals surface area contributed by atoms with Gasteiger partial charge in [0.1, 0.15) is 17.3 Å². The summed E-state index contributed by atoms with van der Waals surface area (Å²) in [7, 11) is 5.36. The SMILES string of the molecule is Cc1nc(-c2cnc(-c3cnn(C)c3)n(C)c2=O)ccc1Oc1ccnc(-c2cnn(C)c2)c1. The molecule has 0 aliphatic rings. The molecule has 0 saturated carbocycles. The van der Waals surface area contributed by atoms with E-state index in [0.717, 1.165) is 16.8 Å². The first-order chi connectivity index (χ1) is 16.4. The zero-order valence-corrected chi connectivity index (χ0v) is 19.2. The molecule has 5 rings (SSSR count). The minimum atomic E-state index is -0.190. The van der Waals surface area contributed by atoms with Crippen LogP contribution in [-0.2, 0) is 21.1 Å². The maximum absolute atomic E-state index is 13.0. The Kier molecular flexibility index (Phi) is 5.25. The normalized spacial score (nSPS) is 11.1. The highest BCUT2D eigenvalue weighted by Gasteiger charge is 2.15. The van der Waals surface area contributed by atoms with Crippen LogP contribution in [0.1, 0.15) is 5.69 Å². The molecule has 0 bridgehead atoms. The van der Waals surface area contributed by atoms with Gasteiger partial charge in [-0.25, -0.2) is 9.97 Å². The second-order valence-corrected chi connectivity index (χ2v) is 7.92. The van der Waals surface area contributed by atoms with E-state index in [9.17, 15) is 4.79 Å². The van der Waals surface area contributed by atoms with Crippen molar-refractivity contribution in [2.24, 2.45) is 21.1 Å². The summed E-state index contributed by atoms with van der Waals surface area (Å²) in [5.41, 5.74) is 3.83. The molecule has 0 aliphatic heterocycles. The second-order valence-electron chi connectivity index (χ2n) is 7.92. The second kappa shape index (κ2) is 8.39. The molecular weight excluding hydrogens is 432 g/mol.